The van der Waals surface area contributed by atoms with Crippen molar-refractivity contribution >= 4 is 34.4 Å². The van der Waals surface area contributed by atoms with E-state index >= 15 is 0 Å². The fourth-order valence-corrected chi connectivity index (χ4v) is 6.21. The van der Waals surface area contributed by atoms with Crippen molar-refractivity contribution in [3.05, 3.63) is 122 Å². The summed E-state index contributed by atoms with van der Waals surface area (Å²) in [6, 6.07) is 21.8. The van der Waals surface area contributed by atoms with Crippen LogP contribution in [0, 0.1) is 10.1 Å². The van der Waals surface area contributed by atoms with Gasteiger partial charge in [-0.25, -0.2) is 0 Å². The molecule has 0 aliphatic carbocycles. The van der Waals surface area contributed by atoms with Crippen molar-refractivity contribution in [3.63, 3.8) is 0 Å². The summed E-state index contributed by atoms with van der Waals surface area (Å²) < 4.78 is 2.13. The van der Waals surface area contributed by atoms with E-state index in [0.717, 1.165) is 34.1 Å². The topological polar surface area (TPSA) is 49.4 Å². The molecule has 3 aromatic rings. The molecule has 2 heterocycles. The van der Waals surface area contributed by atoms with E-state index in [4.69, 9.17) is 11.6 Å². The maximum absolute atomic E-state index is 11.4. The monoisotopic (exact) mass is 512 g/mol. The number of hydrogen-bond acceptors (Lipinski definition) is 3. The van der Waals surface area contributed by atoms with Gasteiger partial charge in [0, 0.05) is 58.7 Å². The molecule has 2 aliphatic heterocycles. The predicted octanol–water partition coefficient (Wildman–Crippen LogP) is 7.34. The van der Waals surface area contributed by atoms with Crippen LogP contribution in [0.3, 0.4) is 0 Å². The van der Waals surface area contributed by atoms with Crippen LogP contribution in [-0.4, -0.2) is 29.3 Å². The summed E-state index contributed by atoms with van der Waals surface area (Å²) in [4.78, 5) is 13.3. The molecular formula is C31H31ClN3O2+. The van der Waals surface area contributed by atoms with Crippen LogP contribution in [0.1, 0.15) is 37.5 Å². The lowest BCUT2D eigenvalue weighted by molar-refractivity contribution is -0.402. The molecule has 6 heteroatoms. The van der Waals surface area contributed by atoms with E-state index in [1.807, 2.05) is 25.2 Å². The van der Waals surface area contributed by atoms with Crippen molar-refractivity contribution in [2.75, 3.05) is 19.0 Å². The van der Waals surface area contributed by atoms with Gasteiger partial charge in [-0.3, -0.25) is 10.1 Å². The van der Waals surface area contributed by atoms with Crippen molar-refractivity contribution in [2.45, 2.75) is 38.0 Å². The fraction of sp³-hybridized carbons (Fsp3) is 0.258. The van der Waals surface area contributed by atoms with Crippen molar-refractivity contribution in [1.82, 2.24) is 0 Å². The van der Waals surface area contributed by atoms with E-state index in [1.165, 1.54) is 16.8 Å². The third-order valence-electron chi connectivity index (χ3n) is 7.98. The van der Waals surface area contributed by atoms with E-state index in [0.29, 0.717) is 0 Å². The number of nitro groups is 1. The second-order valence-electron chi connectivity index (χ2n) is 10.7. The number of rotatable bonds is 5. The average Bonchev–Trinajstić information content (AvgIpc) is 3.18. The van der Waals surface area contributed by atoms with Crippen LogP contribution in [-0.2, 0) is 17.3 Å². The molecule has 2 aliphatic rings. The van der Waals surface area contributed by atoms with E-state index < -0.39 is 0 Å². The van der Waals surface area contributed by atoms with E-state index in [1.54, 1.807) is 12.1 Å². The predicted molar refractivity (Wildman–Crippen MR) is 152 cm³/mol. The zero-order valence-corrected chi connectivity index (χ0v) is 22.6. The van der Waals surface area contributed by atoms with Gasteiger partial charge in [-0.15, -0.1) is 0 Å². The highest BCUT2D eigenvalue weighted by Crippen LogP contribution is 2.50. The van der Waals surface area contributed by atoms with Crippen LogP contribution in [0.5, 0.6) is 0 Å². The number of likely N-dealkylation sites (N-methyl/N-ethyl adjacent to an activating group) is 1. The van der Waals surface area contributed by atoms with Crippen LogP contribution >= 0.6 is 11.6 Å². The third kappa shape index (κ3) is 4.08. The van der Waals surface area contributed by atoms with Crippen molar-refractivity contribution in [1.29, 1.82) is 0 Å². The smallest absolute Gasteiger partial charge is 0.270 e. The molecule has 0 aromatic heterocycles. The molecule has 0 radical (unpaired) electrons. The molecule has 1 atom stereocenters. The van der Waals surface area contributed by atoms with Crippen molar-refractivity contribution in [2.24, 2.45) is 0 Å². The minimum Gasteiger partial charge on any atom is -0.347 e. The Balaban J connectivity index is 1.55. The second kappa shape index (κ2) is 9.00. The molecule has 0 N–H and O–H groups in total. The largest absolute Gasteiger partial charge is 0.347 e. The molecule has 5 rings (SSSR count). The van der Waals surface area contributed by atoms with E-state index in [9.17, 15) is 10.1 Å². The Morgan fingerprint density at radius 2 is 1.76 bits per heavy atom. The summed E-state index contributed by atoms with van der Waals surface area (Å²) in [6.07, 6.45) is 7.28. The number of halogens is 1. The van der Waals surface area contributed by atoms with Crippen molar-refractivity contribution < 1.29 is 9.50 Å². The summed E-state index contributed by atoms with van der Waals surface area (Å²) >= 11 is 6.46. The molecule has 0 saturated heterocycles. The van der Waals surface area contributed by atoms with Gasteiger partial charge >= 0.3 is 0 Å². The summed E-state index contributed by atoms with van der Waals surface area (Å²) in [5.74, 6) is 0. The van der Waals surface area contributed by atoms with Gasteiger partial charge in [0.25, 0.3) is 5.69 Å². The highest BCUT2D eigenvalue weighted by molar-refractivity contribution is 6.30. The number of hydrogen-bond donors (Lipinski definition) is 0. The van der Waals surface area contributed by atoms with Crippen LogP contribution in [0.15, 0.2) is 90.7 Å². The molecule has 188 valence electrons. The van der Waals surface area contributed by atoms with Gasteiger partial charge in [0.2, 0.25) is 5.69 Å². The molecule has 0 amide bonds. The summed E-state index contributed by atoms with van der Waals surface area (Å²) in [6.45, 7) is 6.52. The molecule has 0 saturated carbocycles. The Bertz CT molecular complexity index is 1500. The van der Waals surface area contributed by atoms with E-state index in [-0.39, 0.29) is 21.4 Å². The maximum Gasteiger partial charge on any atom is 0.270 e. The third-order valence-corrected chi connectivity index (χ3v) is 8.21. The van der Waals surface area contributed by atoms with Gasteiger partial charge in [-0.2, -0.15) is 4.58 Å². The first-order valence-corrected chi connectivity index (χ1v) is 12.8. The molecule has 0 bridgehead atoms. The number of nitro benzene ring substituents is 1. The lowest BCUT2D eigenvalue weighted by Gasteiger charge is -2.29. The summed E-state index contributed by atoms with van der Waals surface area (Å²) in [7, 11) is 4.13. The highest BCUT2D eigenvalue weighted by atomic mass is 35.5. The minimum absolute atomic E-state index is 0.119. The highest BCUT2D eigenvalue weighted by Gasteiger charge is 2.44. The number of allylic oxidation sites excluding steroid dienone is 4. The molecule has 5 nitrogen and oxygen atoms in total. The van der Waals surface area contributed by atoms with Gasteiger partial charge in [-0.1, -0.05) is 48.0 Å². The van der Waals surface area contributed by atoms with Crippen LogP contribution in [0.4, 0.5) is 17.1 Å². The van der Waals surface area contributed by atoms with Crippen LogP contribution in [0.2, 0.25) is 5.02 Å². The molecule has 3 aromatic carbocycles. The Labute approximate surface area is 223 Å². The number of non-ortho nitro benzene ring substituents is 1. The normalized spacial score (nSPS) is 21.1. The molecule has 0 fully saturated rings. The molecular weight excluding hydrogens is 482 g/mol. The van der Waals surface area contributed by atoms with E-state index in [2.05, 4.69) is 91.9 Å². The Hall–Kier alpha value is -3.70. The summed E-state index contributed by atoms with van der Waals surface area (Å²) in [5.41, 5.74) is 7.38. The Morgan fingerprint density at radius 3 is 2.46 bits per heavy atom. The molecule has 37 heavy (non-hydrogen) atoms. The minimum atomic E-state index is -0.365. The van der Waals surface area contributed by atoms with Gasteiger partial charge in [0.15, 0.2) is 5.71 Å². The van der Waals surface area contributed by atoms with Crippen molar-refractivity contribution in [3.8, 4) is 0 Å². The standard InChI is InChI=1S/C31H31ClN3O2/c1-30(2)24-19-23(35(36)37)15-17-26(24)33(4)28(30)12-9-13-29-31(3,20-21-10-7-6-8-11-21)25-18-22(32)14-16-27(25)34(29)5/h6-19H,20H2,1-5H3/q+1. The lowest BCUT2D eigenvalue weighted by Crippen LogP contribution is -2.29. The maximum atomic E-state index is 11.4. The van der Waals surface area contributed by atoms with Crippen LogP contribution in [0.25, 0.3) is 0 Å². The van der Waals surface area contributed by atoms with Gasteiger partial charge in [-0.05, 0) is 62.6 Å². The summed E-state index contributed by atoms with van der Waals surface area (Å²) in [5, 5.41) is 12.1. The lowest BCUT2D eigenvalue weighted by atomic mass is 9.76. The zero-order valence-electron chi connectivity index (χ0n) is 21.8. The first-order valence-electron chi connectivity index (χ1n) is 12.4. The molecule has 1 unspecified atom stereocenters. The number of fused-ring (bicyclic) bond motifs is 2. The zero-order chi connectivity index (χ0) is 26.5. The quantitative estimate of drug-likeness (QED) is 0.204. The van der Waals surface area contributed by atoms with Gasteiger partial charge < -0.3 is 4.90 Å². The number of benzene rings is 3. The van der Waals surface area contributed by atoms with Crippen LogP contribution < -0.4 is 4.90 Å². The first kappa shape index (κ1) is 25.0. The van der Waals surface area contributed by atoms with Gasteiger partial charge in [0.1, 0.15) is 7.05 Å². The second-order valence-corrected chi connectivity index (χ2v) is 11.1. The SMILES string of the molecule is CN1/C(=C/C=C/C2=[N+](C)c3ccc([N+](=O)[O-])cc3C2(C)C)C(C)(Cc2ccccc2)c2cc(Cl)ccc21. The number of nitrogens with zero attached hydrogens (tertiary/aromatic N) is 3. The Morgan fingerprint density at radius 1 is 1.03 bits per heavy atom. The number of anilines is 1. The fourth-order valence-electron chi connectivity index (χ4n) is 6.03. The van der Waals surface area contributed by atoms with Gasteiger partial charge in [0.05, 0.1) is 10.3 Å². The average molecular weight is 513 g/mol. The Kier molecular flexibility index (Phi) is 6.07. The molecule has 0 spiro atoms. The first-order chi connectivity index (χ1) is 17.5.